The fourth-order valence-corrected chi connectivity index (χ4v) is 2.34. The van der Waals surface area contributed by atoms with E-state index in [1.165, 1.54) is 5.56 Å². The van der Waals surface area contributed by atoms with E-state index in [1.807, 2.05) is 0 Å². The second-order valence-electron chi connectivity index (χ2n) is 3.85. The predicted octanol–water partition coefficient (Wildman–Crippen LogP) is 2.31. The van der Waals surface area contributed by atoms with E-state index in [0.29, 0.717) is 12.5 Å². The molecule has 0 bridgehead atoms. The van der Waals surface area contributed by atoms with Gasteiger partial charge in [-0.05, 0) is 35.7 Å². The third-order valence-electron chi connectivity index (χ3n) is 2.61. The minimum atomic E-state index is 0.241. The van der Waals surface area contributed by atoms with Crippen molar-refractivity contribution >= 4 is 17.2 Å². The largest absolute Gasteiger partial charge is 0.409 e. The zero-order valence-electron chi connectivity index (χ0n) is 9.68. The minimum Gasteiger partial charge on any atom is -0.409 e. The first-order valence-electron chi connectivity index (χ1n) is 5.41. The molecule has 4 N–H and O–H groups in total. The Morgan fingerprint density at radius 3 is 2.94 bits per heavy atom. The van der Waals surface area contributed by atoms with Crippen LogP contribution in [0.3, 0.4) is 0 Å². The number of nitrogens with two attached hydrogens (primary N) is 1. The van der Waals surface area contributed by atoms with E-state index in [-0.39, 0.29) is 11.9 Å². The van der Waals surface area contributed by atoms with Gasteiger partial charge in [0.15, 0.2) is 0 Å². The Balaban J connectivity index is 2.50. The summed E-state index contributed by atoms with van der Waals surface area (Å²) in [6, 6.07) is 2.65. The second kappa shape index (κ2) is 6.50. The van der Waals surface area contributed by atoms with Gasteiger partial charge in [0, 0.05) is 18.5 Å². The van der Waals surface area contributed by atoms with Crippen LogP contribution >= 0.6 is 11.3 Å². The first-order chi connectivity index (χ1) is 7.67. The van der Waals surface area contributed by atoms with Crippen LogP contribution in [0.1, 0.15) is 38.3 Å². The number of hydrogen-bond donors (Lipinski definition) is 3. The summed E-state index contributed by atoms with van der Waals surface area (Å²) in [7, 11) is 0. The highest BCUT2D eigenvalue weighted by molar-refractivity contribution is 7.07. The maximum atomic E-state index is 8.53. The second-order valence-corrected chi connectivity index (χ2v) is 4.63. The molecule has 0 saturated carbocycles. The monoisotopic (exact) mass is 241 g/mol. The summed E-state index contributed by atoms with van der Waals surface area (Å²) in [6.45, 7) is 4.21. The molecule has 90 valence electrons. The number of hydrogen-bond acceptors (Lipinski definition) is 4. The molecule has 2 unspecified atom stereocenters. The van der Waals surface area contributed by atoms with Crippen LogP contribution in [0, 0.1) is 0 Å². The molecule has 0 aliphatic carbocycles. The Morgan fingerprint density at radius 2 is 2.44 bits per heavy atom. The van der Waals surface area contributed by atoms with E-state index in [2.05, 4.69) is 41.1 Å². The van der Waals surface area contributed by atoms with Crippen molar-refractivity contribution < 1.29 is 5.21 Å². The number of thiophene rings is 1. The molecule has 16 heavy (non-hydrogen) atoms. The van der Waals surface area contributed by atoms with Gasteiger partial charge in [-0.1, -0.05) is 12.1 Å². The fourth-order valence-electron chi connectivity index (χ4n) is 1.59. The SMILES string of the molecule is CCC(CC(N)=NO)NC(C)c1ccsc1. The lowest BCUT2D eigenvalue weighted by Crippen LogP contribution is -2.34. The maximum Gasteiger partial charge on any atom is 0.140 e. The Kier molecular flexibility index (Phi) is 5.28. The van der Waals surface area contributed by atoms with Crippen LogP contribution in [0.5, 0.6) is 0 Å². The summed E-state index contributed by atoms with van der Waals surface area (Å²) >= 11 is 1.69. The topological polar surface area (TPSA) is 70.6 Å². The summed E-state index contributed by atoms with van der Waals surface area (Å²) in [5.74, 6) is 0.275. The van der Waals surface area contributed by atoms with Gasteiger partial charge in [0.1, 0.15) is 5.84 Å². The van der Waals surface area contributed by atoms with Crippen molar-refractivity contribution in [1.29, 1.82) is 0 Å². The normalized spacial score (nSPS) is 16.0. The summed E-state index contributed by atoms with van der Waals surface area (Å²) in [5.41, 5.74) is 6.79. The average Bonchev–Trinajstić information content (AvgIpc) is 2.81. The number of oxime groups is 1. The standard InChI is InChI=1S/C11H19N3OS/c1-3-10(6-11(12)14-15)13-8(2)9-4-5-16-7-9/h4-5,7-8,10,13,15H,3,6H2,1-2H3,(H2,12,14). The van der Waals surface area contributed by atoms with Gasteiger partial charge in [0.25, 0.3) is 0 Å². The average molecular weight is 241 g/mol. The number of rotatable bonds is 6. The van der Waals surface area contributed by atoms with Gasteiger partial charge in [0.05, 0.1) is 0 Å². The van der Waals surface area contributed by atoms with Gasteiger partial charge in [-0.15, -0.1) is 0 Å². The highest BCUT2D eigenvalue weighted by atomic mass is 32.1. The molecule has 5 heteroatoms. The van der Waals surface area contributed by atoms with Gasteiger partial charge >= 0.3 is 0 Å². The lowest BCUT2D eigenvalue weighted by molar-refractivity contribution is 0.315. The molecule has 2 atom stereocenters. The Morgan fingerprint density at radius 1 is 1.69 bits per heavy atom. The molecule has 1 aromatic rings. The van der Waals surface area contributed by atoms with Crippen molar-refractivity contribution in [3.05, 3.63) is 22.4 Å². The van der Waals surface area contributed by atoms with Crippen LogP contribution in [0.4, 0.5) is 0 Å². The van der Waals surface area contributed by atoms with E-state index in [4.69, 9.17) is 10.9 Å². The Labute approximate surface area is 100 Å². The summed E-state index contributed by atoms with van der Waals surface area (Å²) < 4.78 is 0. The fraction of sp³-hybridized carbons (Fsp3) is 0.545. The highest BCUT2D eigenvalue weighted by Gasteiger charge is 2.13. The van der Waals surface area contributed by atoms with E-state index in [9.17, 15) is 0 Å². The van der Waals surface area contributed by atoms with Gasteiger partial charge in [-0.2, -0.15) is 11.3 Å². The molecular formula is C11H19N3OS. The molecule has 4 nitrogen and oxygen atoms in total. The summed E-state index contributed by atoms with van der Waals surface area (Å²) in [4.78, 5) is 0. The number of amidine groups is 1. The molecule has 0 aromatic carbocycles. The maximum absolute atomic E-state index is 8.53. The lowest BCUT2D eigenvalue weighted by atomic mass is 10.1. The van der Waals surface area contributed by atoms with Crippen molar-refractivity contribution in [2.24, 2.45) is 10.9 Å². The van der Waals surface area contributed by atoms with Gasteiger partial charge in [0.2, 0.25) is 0 Å². The predicted molar refractivity (Wildman–Crippen MR) is 68.0 cm³/mol. The molecule has 0 spiro atoms. The minimum absolute atomic E-state index is 0.241. The molecule has 0 fully saturated rings. The Hall–Kier alpha value is -1.07. The molecule has 0 radical (unpaired) electrons. The van der Waals surface area contributed by atoms with Crippen LogP contribution in [-0.2, 0) is 0 Å². The summed E-state index contributed by atoms with van der Waals surface area (Å²) in [5, 5.41) is 19.2. The van der Waals surface area contributed by atoms with Crippen LogP contribution in [0.25, 0.3) is 0 Å². The smallest absolute Gasteiger partial charge is 0.140 e. The molecule has 0 aliphatic rings. The number of nitrogens with zero attached hydrogens (tertiary/aromatic N) is 1. The van der Waals surface area contributed by atoms with Crippen LogP contribution < -0.4 is 11.1 Å². The van der Waals surface area contributed by atoms with Crippen molar-refractivity contribution in [3.8, 4) is 0 Å². The highest BCUT2D eigenvalue weighted by Crippen LogP contribution is 2.17. The molecule has 1 aromatic heterocycles. The van der Waals surface area contributed by atoms with E-state index in [1.54, 1.807) is 11.3 Å². The van der Waals surface area contributed by atoms with Gasteiger partial charge < -0.3 is 16.3 Å². The molecule has 0 saturated heterocycles. The Bertz CT molecular complexity index is 324. The molecular weight excluding hydrogens is 222 g/mol. The molecule has 0 aliphatic heterocycles. The van der Waals surface area contributed by atoms with Crippen LogP contribution in [-0.4, -0.2) is 17.1 Å². The molecule has 1 rings (SSSR count). The quantitative estimate of drug-likeness (QED) is 0.310. The first-order valence-corrected chi connectivity index (χ1v) is 6.36. The van der Waals surface area contributed by atoms with Gasteiger partial charge in [-0.3, -0.25) is 0 Å². The van der Waals surface area contributed by atoms with Crippen LogP contribution in [0.2, 0.25) is 0 Å². The molecule has 0 amide bonds. The van der Waals surface area contributed by atoms with Crippen LogP contribution in [0.15, 0.2) is 22.0 Å². The van der Waals surface area contributed by atoms with Crippen molar-refractivity contribution in [1.82, 2.24) is 5.32 Å². The molecule has 1 heterocycles. The number of nitrogens with one attached hydrogen (secondary N) is 1. The first kappa shape index (κ1) is 13.0. The third kappa shape index (κ3) is 3.83. The van der Waals surface area contributed by atoms with Crippen molar-refractivity contribution in [3.63, 3.8) is 0 Å². The van der Waals surface area contributed by atoms with Gasteiger partial charge in [-0.25, -0.2) is 0 Å². The zero-order chi connectivity index (χ0) is 12.0. The van der Waals surface area contributed by atoms with Crippen molar-refractivity contribution in [2.75, 3.05) is 0 Å². The zero-order valence-corrected chi connectivity index (χ0v) is 10.5. The van der Waals surface area contributed by atoms with E-state index in [0.717, 1.165) is 6.42 Å². The van der Waals surface area contributed by atoms with Crippen molar-refractivity contribution in [2.45, 2.75) is 38.8 Å². The lowest BCUT2D eigenvalue weighted by Gasteiger charge is -2.21. The van der Waals surface area contributed by atoms with E-state index < -0.39 is 0 Å². The third-order valence-corrected chi connectivity index (χ3v) is 3.31. The summed E-state index contributed by atoms with van der Waals surface area (Å²) in [6.07, 6.45) is 1.52. The van der Waals surface area contributed by atoms with E-state index >= 15 is 0 Å².